The van der Waals surface area contributed by atoms with E-state index in [0.29, 0.717) is 27.1 Å². The molecule has 0 amide bonds. The van der Waals surface area contributed by atoms with Gasteiger partial charge in [0.05, 0.1) is 5.56 Å². The average Bonchev–Trinajstić information content (AvgIpc) is 2.73. The van der Waals surface area contributed by atoms with Crippen molar-refractivity contribution in [1.82, 2.24) is 4.98 Å². The minimum Gasteiger partial charge on any atom is -0.321 e. The quantitative estimate of drug-likeness (QED) is 0.341. The lowest BCUT2D eigenvalue weighted by molar-refractivity contribution is 0.104. The van der Waals surface area contributed by atoms with Gasteiger partial charge in [-0.3, -0.25) is 9.59 Å². The molecule has 0 bridgehead atoms. The van der Waals surface area contributed by atoms with Crippen molar-refractivity contribution in [2.75, 3.05) is 0 Å². The minimum atomic E-state index is -0.479. The number of allylic oxidation sites excluding steroid dienone is 1. The molecule has 1 heterocycles. The summed E-state index contributed by atoms with van der Waals surface area (Å²) in [5.74, 6) is -0.806. The zero-order valence-electron chi connectivity index (χ0n) is 15.2. The summed E-state index contributed by atoms with van der Waals surface area (Å²) in [6.45, 7) is 0. The van der Waals surface area contributed by atoms with Gasteiger partial charge in [0.1, 0.15) is 5.82 Å². The Bertz CT molecular complexity index is 1290. The van der Waals surface area contributed by atoms with Crippen LogP contribution in [-0.2, 0) is 0 Å². The number of H-pyrrole nitrogens is 1. The Labute approximate surface area is 171 Å². The van der Waals surface area contributed by atoms with Crippen molar-refractivity contribution in [1.29, 1.82) is 0 Å². The standard InChI is InChI=1S/C24H15ClFNO2/c25-17-9-12-20-19(14-17)22(16-4-2-1-3-5-16)23(24(29)27-20)21(28)13-8-15-6-10-18(26)11-7-15/h1-14H,(H,27,29). The van der Waals surface area contributed by atoms with Crippen molar-refractivity contribution in [2.45, 2.75) is 0 Å². The van der Waals surface area contributed by atoms with Crippen molar-refractivity contribution in [3.8, 4) is 11.1 Å². The molecule has 4 aromatic rings. The summed E-state index contributed by atoms with van der Waals surface area (Å²) in [5.41, 5.74) is 2.07. The number of pyridine rings is 1. The molecule has 4 rings (SSSR count). The van der Waals surface area contributed by atoms with Crippen LogP contribution in [0.3, 0.4) is 0 Å². The maximum absolute atomic E-state index is 13.1. The van der Waals surface area contributed by atoms with Crippen LogP contribution in [0.4, 0.5) is 4.39 Å². The van der Waals surface area contributed by atoms with E-state index in [1.807, 2.05) is 30.3 Å². The molecule has 5 heteroatoms. The van der Waals surface area contributed by atoms with E-state index in [4.69, 9.17) is 11.6 Å². The summed E-state index contributed by atoms with van der Waals surface area (Å²) in [6, 6.07) is 20.1. The summed E-state index contributed by atoms with van der Waals surface area (Å²) < 4.78 is 13.1. The Kier molecular flexibility index (Phi) is 5.10. The predicted molar refractivity (Wildman–Crippen MR) is 115 cm³/mol. The molecule has 3 aromatic carbocycles. The number of carbonyl (C=O) groups is 1. The second-order valence-electron chi connectivity index (χ2n) is 6.51. The summed E-state index contributed by atoms with van der Waals surface area (Å²) >= 11 is 6.18. The predicted octanol–water partition coefficient (Wildman–Crippen LogP) is 5.88. The van der Waals surface area contributed by atoms with Gasteiger partial charge in [-0.2, -0.15) is 0 Å². The third-order valence-corrected chi connectivity index (χ3v) is 4.82. The van der Waals surface area contributed by atoms with Gasteiger partial charge >= 0.3 is 0 Å². The molecule has 1 N–H and O–H groups in total. The number of aromatic nitrogens is 1. The van der Waals surface area contributed by atoms with Gasteiger partial charge in [-0.05, 0) is 47.5 Å². The monoisotopic (exact) mass is 403 g/mol. The zero-order valence-corrected chi connectivity index (χ0v) is 15.9. The SMILES string of the molecule is O=C(C=Cc1ccc(F)cc1)c1c(-c2ccccc2)c2cc(Cl)ccc2[nH]c1=O. The first-order valence-corrected chi connectivity index (χ1v) is 9.29. The maximum Gasteiger partial charge on any atom is 0.260 e. The van der Waals surface area contributed by atoms with Crippen molar-refractivity contribution in [2.24, 2.45) is 0 Å². The molecule has 0 aliphatic heterocycles. The normalized spacial score (nSPS) is 11.2. The van der Waals surface area contributed by atoms with Crippen molar-refractivity contribution >= 4 is 34.4 Å². The Balaban J connectivity index is 1.91. The highest BCUT2D eigenvalue weighted by molar-refractivity contribution is 6.31. The van der Waals surface area contributed by atoms with E-state index < -0.39 is 11.3 Å². The summed E-state index contributed by atoms with van der Waals surface area (Å²) in [4.78, 5) is 28.6. The Morgan fingerprint density at radius 1 is 0.966 bits per heavy atom. The van der Waals surface area contributed by atoms with Gasteiger partial charge in [0.2, 0.25) is 0 Å². The first kappa shape index (κ1) is 18.8. The van der Waals surface area contributed by atoms with Crippen LogP contribution < -0.4 is 5.56 Å². The smallest absolute Gasteiger partial charge is 0.260 e. The van der Waals surface area contributed by atoms with Gasteiger partial charge in [-0.1, -0.05) is 60.1 Å². The molecule has 0 saturated carbocycles. The van der Waals surface area contributed by atoms with Gasteiger partial charge in [0.15, 0.2) is 5.78 Å². The number of hydrogen-bond donors (Lipinski definition) is 1. The molecule has 29 heavy (non-hydrogen) atoms. The molecule has 0 saturated heterocycles. The maximum atomic E-state index is 13.1. The second-order valence-corrected chi connectivity index (χ2v) is 6.95. The van der Waals surface area contributed by atoms with Gasteiger partial charge in [0, 0.05) is 21.5 Å². The van der Waals surface area contributed by atoms with Crippen LogP contribution in [0.1, 0.15) is 15.9 Å². The fourth-order valence-corrected chi connectivity index (χ4v) is 3.41. The molecule has 0 aliphatic carbocycles. The number of halogens is 2. The Hall–Kier alpha value is -3.50. The van der Waals surface area contributed by atoms with Gasteiger partial charge in [0.25, 0.3) is 5.56 Å². The highest BCUT2D eigenvalue weighted by Gasteiger charge is 2.19. The van der Waals surface area contributed by atoms with E-state index in [1.165, 1.54) is 18.2 Å². The van der Waals surface area contributed by atoms with Crippen molar-refractivity contribution in [3.05, 3.63) is 111 Å². The first-order valence-electron chi connectivity index (χ1n) is 8.92. The molecule has 1 aromatic heterocycles. The van der Waals surface area contributed by atoms with Crippen molar-refractivity contribution < 1.29 is 9.18 Å². The third kappa shape index (κ3) is 3.89. The number of carbonyl (C=O) groups excluding carboxylic acids is 1. The molecule has 0 atom stereocenters. The Morgan fingerprint density at radius 2 is 1.69 bits per heavy atom. The lowest BCUT2D eigenvalue weighted by atomic mass is 9.94. The molecule has 3 nitrogen and oxygen atoms in total. The molecule has 0 spiro atoms. The fraction of sp³-hybridized carbons (Fsp3) is 0. The summed E-state index contributed by atoms with van der Waals surface area (Å²) in [5, 5.41) is 1.18. The summed E-state index contributed by atoms with van der Waals surface area (Å²) in [6.07, 6.45) is 2.87. The van der Waals surface area contributed by atoms with Crippen molar-refractivity contribution in [3.63, 3.8) is 0 Å². The molecule has 0 fully saturated rings. The van der Waals surface area contributed by atoms with Crippen LogP contribution in [0.15, 0.2) is 83.7 Å². The van der Waals surface area contributed by atoms with Crippen LogP contribution in [-0.4, -0.2) is 10.8 Å². The molecule has 0 radical (unpaired) electrons. The van der Waals surface area contributed by atoms with Gasteiger partial charge in [-0.15, -0.1) is 0 Å². The number of nitrogens with one attached hydrogen (secondary N) is 1. The molecule has 0 aliphatic rings. The number of benzene rings is 3. The van der Waals surface area contributed by atoms with Crippen LogP contribution in [0, 0.1) is 5.82 Å². The number of aromatic amines is 1. The highest BCUT2D eigenvalue weighted by Crippen LogP contribution is 2.31. The highest BCUT2D eigenvalue weighted by atomic mass is 35.5. The van der Waals surface area contributed by atoms with E-state index >= 15 is 0 Å². The van der Waals surface area contributed by atoms with Crippen LogP contribution in [0.25, 0.3) is 28.1 Å². The van der Waals surface area contributed by atoms with Gasteiger partial charge in [-0.25, -0.2) is 4.39 Å². The number of hydrogen-bond acceptors (Lipinski definition) is 2. The van der Waals surface area contributed by atoms with Crippen LogP contribution in [0.2, 0.25) is 5.02 Å². The number of fused-ring (bicyclic) bond motifs is 1. The van der Waals surface area contributed by atoms with Crippen LogP contribution in [0.5, 0.6) is 0 Å². The first-order chi connectivity index (χ1) is 14.0. The molecular formula is C24H15ClFNO2. The zero-order chi connectivity index (χ0) is 20.4. The molecular weight excluding hydrogens is 389 g/mol. The Morgan fingerprint density at radius 3 is 2.41 bits per heavy atom. The number of rotatable bonds is 4. The van der Waals surface area contributed by atoms with E-state index in [2.05, 4.69) is 4.98 Å². The van der Waals surface area contributed by atoms with E-state index in [9.17, 15) is 14.0 Å². The van der Waals surface area contributed by atoms with Gasteiger partial charge < -0.3 is 4.98 Å². The molecule has 0 unspecified atom stereocenters. The minimum absolute atomic E-state index is 0.0318. The largest absolute Gasteiger partial charge is 0.321 e. The molecule has 142 valence electrons. The topological polar surface area (TPSA) is 49.9 Å². The number of ketones is 1. The fourth-order valence-electron chi connectivity index (χ4n) is 3.23. The average molecular weight is 404 g/mol. The van der Waals surface area contributed by atoms with E-state index in [0.717, 1.165) is 5.56 Å². The third-order valence-electron chi connectivity index (χ3n) is 4.58. The lowest BCUT2D eigenvalue weighted by Crippen LogP contribution is -2.18. The lowest BCUT2D eigenvalue weighted by Gasteiger charge is -2.11. The van der Waals surface area contributed by atoms with E-state index in [-0.39, 0.29) is 11.4 Å². The summed E-state index contributed by atoms with van der Waals surface area (Å²) in [7, 11) is 0. The van der Waals surface area contributed by atoms with Crippen LogP contribution >= 0.6 is 11.6 Å². The van der Waals surface area contributed by atoms with E-state index in [1.54, 1.807) is 36.4 Å². The second kappa shape index (κ2) is 7.86.